The number of carboxylic acid groups (broad SMARTS) is 1. The second kappa shape index (κ2) is 4.29. The molecular weight excluding hydrogens is 192 g/mol. The van der Waals surface area contributed by atoms with Gasteiger partial charge in [-0.1, -0.05) is 0 Å². The van der Waals surface area contributed by atoms with E-state index in [0.717, 1.165) is 25.1 Å². The number of piperidine rings is 1. The smallest absolute Gasteiger partial charge is 0.308 e. The Morgan fingerprint density at radius 3 is 3.13 bits per heavy atom. The first kappa shape index (κ1) is 9.96. The van der Waals surface area contributed by atoms with Gasteiger partial charge in [0, 0.05) is 19.3 Å². The van der Waals surface area contributed by atoms with Crippen LogP contribution in [0.5, 0.6) is 0 Å². The van der Waals surface area contributed by atoms with E-state index >= 15 is 0 Å². The summed E-state index contributed by atoms with van der Waals surface area (Å²) >= 11 is 0. The quantitative estimate of drug-likeness (QED) is 0.794. The normalized spacial score (nSPS) is 21.3. The van der Waals surface area contributed by atoms with Crippen molar-refractivity contribution in [3.63, 3.8) is 0 Å². The van der Waals surface area contributed by atoms with Gasteiger partial charge in [-0.3, -0.25) is 9.78 Å². The summed E-state index contributed by atoms with van der Waals surface area (Å²) in [5.74, 6) is -0.928. The van der Waals surface area contributed by atoms with Crippen molar-refractivity contribution in [3.8, 4) is 0 Å². The molecule has 1 N–H and O–H groups in total. The first-order valence-corrected chi connectivity index (χ1v) is 5.15. The summed E-state index contributed by atoms with van der Waals surface area (Å²) in [6.45, 7) is 1.52. The third kappa shape index (κ3) is 2.26. The van der Waals surface area contributed by atoms with Gasteiger partial charge in [-0.2, -0.15) is 0 Å². The van der Waals surface area contributed by atoms with Crippen LogP contribution >= 0.6 is 0 Å². The van der Waals surface area contributed by atoms with Gasteiger partial charge >= 0.3 is 5.97 Å². The molecule has 80 valence electrons. The number of nitrogens with zero attached hydrogens (tertiary/aromatic N) is 2. The first-order valence-electron chi connectivity index (χ1n) is 5.15. The molecule has 0 aliphatic carbocycles. The molecule has 2 rings (SSSR count). The van der Waals surface area contributed by atoms with Crippen molar-refractivity contribution in [2.75, 3.05) is 18.0 Å². The molecule has 4 heteroatoms. The predicted molar refractivity (Wildman–Crippen MR) is 56.8 cm³/mol. The lowest BCUT2D eigenvalue weighted by Gasteiger charge is -2.32. The Kier molecular flexibility index (Phi) is 2.85. The van der Waals surface area contributed by atoms with Gasteiger partial charge in [0.1, 0.15) is 0 Å². The molecule has 1 atom stereocenters. The van der Waals surface area contributed by atoms with Crippen molar-refractivity contribution in [2.45, 2.75) is 12.8 Å². The molecule has 1 saturated heterocycles. The molecule has 1 aromatic rings. The molecule has 1 aromatic heterocycles. The topological polar surface area (TPSA) is 53.4 Å². The van der Waals surface area contributed by atoms with Crippen molar-refractivity contribution in [2.24, 2.45) is 5.92 Å². The van der Waals surface area contributed by atoms with Gasteiger partial charge in [0.15, 0.2) is 0 Å². The lowest BCUT2D eigenvalue weighted by molar-refractivity contribution is -0.141. The third-order valence-electron chi connectivity index (χ3n) is 2.78. The average molecular weight is 206 g/mol. The number of pyridine rings is 1. The zero-order valence-corrected chi connectivity index (χ0v) is 8.47. The summed E-state index contributed by atoms with van der Waals surface area (Å²) in [6.07, 6.45) is 5.23. The van der Waals surface area contributed by atoms with Crippen LogP contribution in [0, 0.1) is 5.92 Å². The van der Waals surface area contributed by atoms with Crippen molar-refractivity contribution in [1.82, 2.24) is 4.98 Å². The van der Waals surface area contributed by atoms with E-state index in [0.29, 0.717) is 6.54 Å². The van der Waals surface area contributed by atoms with Crippen LogP contribution in [0.2, 0.25) is 0 Å². The van der Waals surface area contributed by atoms with E-state index in [1.54, 1.807) is 12.4 Å². The molecule has 2 heterocycles. The minimum atomic E-state index is -0.691. The Balaban J connectivity index is 2.08. The molecule has 15 heavy (non-hydrogen) atoms. The second-order valence-corrected chi connectivity index (χ2v) is 3.83. The Hall–Kier alpha value is -1.58. The maximum Gasteiger partial charge on any atom is 0.308 e. The summed E-state index contributed by atoms with van der Waals surface area (Å²) in [5.41, 5.74) is 1.02. The number of anilines is 1. The molecule has 0 spiro atoms. The van der Waals surface area contributed by atoms with Crippen molar-refractivity contribution >= 4 is 11.7 Å². The number of carbonyl (C=O) groups is 1. The van der Waals surface area contributed by atoms with E-state index in [1.165, 1.54) is 0 Å². The molecule has 1 aliphatic heterocycles. The molecule has 0 aromatic carbocycles. The lowest BCUT2D eigenvalue weighted by Crippen LogP contribution is -2.38. The van der Waals surface area contributed by atoms with Gasteiger partial charge in [-0.15, -0.1) is 0 Å². The SMILES string of the molecule is O=C(O)[C@@H]1CCCN(c2cccnc2)C1. The van der Waals surface area contributed by atoms with Crippen molar-refractivity contribution in [1.29, 1.82) is 0 Å². The van der Waals surface area contributed by atoms with Gasteiger partial charge in [-0.25, -0.2) is 0 Å². The molecule has 0 amide bonds. The third-order valence-corrected chi connectivity index (χ3v) is 2.78. The fraction of sp³-hybridized carbons (Fsp3) is 0.455. The van der Waals surface area contributed by atoms with Crippen LogP contribution in [0.3, 0.4) is 0 Å². The van der Waals surface area contributed by atoms with E-state index in [1.807, 2.05) is 12.1 Å². The standard InChI is InChI=1S/C11H14N2O2/c14-11(15)9-3-2-6-13(8-9)10-4-1-5-12-7-10/h1,4-5,7,9H,2-3,6,8H2,(H,14,15)/t9-/m1/s1. The van der Waals surface area contributed by atoms with Crippen LogP contribution in [-0.2, 0) is 4.79 Å². The average Bonchev–Trinajstić information content (AvgIpc) is 2.30. The lowest BCUT2D eigenvalue weighted by atomic mass is 9.98. The van der Waals surface area contributed by atoms with Crippen molar-refractivity contribution < 1.29 is 9.90 Å². The molecule has 1 aliphatic rings. The molecule has 0 saturated carbocycles. The van der Waals surface area contributed by atoms with E-state index < -0.39 is 5.97 Å². The Bertz CT molecular complexity index is 340. The Morgan fingerprint density at radius 1 is 1.60 bits per heavy atom. The molecule has 4 nitrogen and oxygen atoms in total. The summed E-state index contributed by atoms with van der Waals surface area (Å²) in [6, 6.07) is 3.84. The van der Waals surface area contributed by atoms with Crippen LogP contribution in [-0.4, -0.2) is 29.1 Å². The number of aliphatic carboxylic acids is 1. The summed E-state index contributed by atoms with van der Waals surface area (Å²) in [7, 11) is 0. The molecule has 1 fully saturated rings. The number of hydrogen-bond acceptors (Lipinski definition) is 3. The fourth-order valence-corrected chi connectivity index (χ4v) is 1.95. The number of aromatic nitrogens is 1. The number of rotatable bonds is 2. The highest BCUT2D eigenvalue weighted by Gasteiger charge is 2.25. The molecule has 0 radical (unpaired) electrons. The molecule has 0 unspecified atom stereocenters. The zero-order chi connectivity index (χ0) is 10.7. The minimum Gasteiger partial charge on any atom is -0.481 e. The van der Waals surface area contributed by atoms with Gasteiger partial charge in [0.2, 0.25) is 0 Å². The van der Waals surface area contributed by atoms with Crippen LogP contribution in [0.15, 0.2) is 24.5 Å². The number of carboxylic acids is 1. The van der Waals surface area contributed by atoms with Gasteiger partial charge in [0.05, 0.1) is 17.8 Å². The van der Waals surface area contributed by atoms with E-state index in [9.17, 15) is 4.79 Å². The van der Waals surface area contributed by atoms with Gasteiger partial charge < -0.3 is 10.0 Å². The first-order chi connectivity index (χ1) is 7.27. The highest BCUT2D eigenvalue weighted by atomic mass is 16.4. The van der Waals surface area contributed by atoms with Crippen LogP contribution in [0.1, 0.15) is 12.8 Å². The Morgan fingerprint density at radius 2 is 2.47 bits per heavy atom. The van der Waals surface area contributed by atoms with Gasteiger partial charge in [-0.05, 0) is 25.0 Å². The minimum absolute atomic E-state index is 0.237. The maximum atomic E-state index is 10.9. The summed E-state index contributed by atoms with van der Waals surface area (Å²) < 4.78 is 0. The monoisotopic (exact) mass is 206 g/mol. The van der Waals surface area contributed by atoms with Crippen molar-refractivity contribution in [3.05, 3.63) is 24.5 Å². The van der Waals surface area contributed by atoms with E-state index in [2.05, 4.69) is 9.88 Å². The Labute approximate surface area is 88.6 Å². The summed E-state index contributed by atoms with van der Waals surface area (Å²) in [4.78, 5) is 17.0. The van der Waals surface area contributed by atoms with Crippen LogP contribution in [0.4, 0.5) is 5.69 Å². The van der Waals surface area contributed by atoms with E-state index in [4.69, 9.17) is 5.11 Å². The highest BCUT2D eigenvalue weighted by molar-refractivity contribution is 5.71. The maximum absolute atomic E-state index is 10.9. The van der Waals surface area contributed by atoms with Crippen LogP contribution < -0.4 is 4.90 Å². The molecule has 0 bridgehead atoms. The zero-order valence-electron chi connectivity index (χ0n) is 8.47. The predicted octanol–water partition coefficient (Wildman–Crippen LogP) is 1.38. The van der Waals surface area contributed by atoms with Crippen LogP contribution in [0.25, 0.3) is 0 Å². The van der Waals surface area contributed by atoms with Gasteiger partial charge in [0.25, 0.3) is 0 Å². The fourth-order valence-electron chi connectivity index (χ4n) is 1.95. The van der Waals surface area contributed by atoms with E-state index in [-0.39, 0.29) is 5.92 Å². The second-order valence-electron chi connectivity index (χ2n) is 3.83. The number of hydrogen-bond donors (Lipinski definition) is 1. The largest absolute Gasteiger partial charge is 0.481 e. The molecular formula is C11H14N2O2. The summed E-state index contributed by atoms with van der Waals surface area (Å²) in [5, 5.41) is 8.96. The highest BCUT2D eigenvalue weighted by Crippen LogP contribution is 2.22.